The number of allylic oxidation sites excluding steroid dienone is 1. The Morgan fingerprint density at radius 3 is 2.62 bits per heavy atom. The monoisotopic (exact) mass is 577 g/mol. The zero-order valence-corrected chi connectivity index (χ0v) is 22.7. The third-order valence-electron chi connectivity index (χ3n) is 6.91. The molecule has 3 aromatic rings. The highest BCUT2D eigenvalue weighted by Gasteiger charge is 2.35. The number of sulfonamides is 1. The smallest absolute Gasteiger partial charge is 0.261 e. The molecule has 3 aliphatic heterocycles. The van der Waals surface area contributed by atoms with Crippen molar-refractivity contribution in [2.75, 3.05) is 27.7 Å². The molecule has 2 amide bonds. The Hall–Kier alpha value is -4.29. The first-order valence-corrected chi connectivity index (χ1v) is 14.7. The molecule has 4 heterocycles. The van der Waals surface area contributed by atoms with Crippen molar-refractivity contribution < 1.29 is 18.0 Å². The lowest BCUT2D eigenvalue weighted by Gasteiger charge is -2.19. The highest BCUT2D eigenvalue weighted by Crippen LogP contribution is 2.31. The van der Waals surface area contributed by atoms with Gasteiger partial charge in [-0.05, 0) is 55.2 Å². The fourth-order valence-electron chi connectivity index (χ4n) is 4.89. The number of amides is 2. The van der Waals surface area contributed by atoms with E-state index in [2.05, 4.69) is 30.3 Å². The molecule has 13 heteroatoms. The number of anilines is 4. The minimum absolute atomic E-state index is 0.120. The van der Waals surface area contributed by atoms with Crippen LogP contribution in [-0.2, 0) is 16.4 Å². The van der Waals surface area contributed by atoms with Gasteiger partial charge < -0.3 is 10.6 Å². The van der Waals surface area contributed by atoms with Crippen molar-refractivity contribution in [2.45, 2.75) is 19.3 Å². The van der Waals surface area contributed by atoms with Gasteiger partial charge in [0.15, 0.2) is 5.82 Å². The zero-order valence-electron chi connectivity index (χ0n) is 21.1. The maximum Gasteiger partial charge on any atom is 0.261 e. The van der Waals surface area contributed by atoms with Crippen LogP contribution in [-0.4, -0.2) is 53.6 Å². The molecule has 40 heavy (non-hydrogen) atoms. The van der Waals surface area contributed by atoms with Crippen LogP contribution >= 0.6 is 11.6 Å². The van der Waals surface area contributed by atoms with E-state index in [0.29, 0.717) is 41.0 Å². The van der Waals surface area contributed by atoms with E-state index in [9.17, 15) is 18.0 Å². The van der Waals surface area contributed by atoms with Crippen molar-refractivity contribution in [1.29, 1.82) is 0 Å². The minimum Gasteiger partial charge on any atom is -0.339 e. The van der Waals surface area contributed by atoms with Crippen LogP contribution in [0.1, 0.15) is 39.1 Å². The molecule has 2 aromatic carbocycles. The van der Waals surface area contributed by atoms with Crippen molar-refractivity contribution in [3.63, 3.8) is 0 Å². The summed E-state index contributed by atoms with van der Waals surface area (Å²) >= 11 is 6.33. The number of aryl methyl sites for hydroxylation is 1. The number of rotatable bonds is 5. The molecule has 11 nitrogen and oxygen atoms in total. The maximum absolute atomic E-state index is 13.1. The summed E-state index contributed by atoms with van der Waals surface area (Å²) in [4.78, 5) is 39.4. The van der Waals surface area contributed by atoms with Crippen molar-refractivity contribution in [1.82, 2.24) is 14.9 Å². The van der Waals surface area contributed by atoms with Crippen LogP contribution in [0.2, 0.25) is 5.02 Å². The molecular weight excluding hydrogens is 554 g/mol. The second kappa shape index (κ2) is 10.4. The molecule has 6 rings (SSSR count). The lowest BCUT2D eigenvalue weighted by Crippen LogP contribution is -2.35. The summed E-state index contributed by atoms with van der Waals surface area (Å²) in [6.45, 7) is -0.258. The van der Waals surface area contributed by atoms with E-state index in [0.717, 1.165) is 22.6 Å². The van der Waals surface area contributed by atoms with Crippen LogP contribution in [0, 0.1) is 5.92 Å². The number of imide groups is 1. The fraction of sp³-hybridized carbons (Fsp3) is 0.222. The number of fused-ring (bicyclic) bond motifs is 7. The standard InChI is InChI=1S/C27H24ClN7O4S/c28-22-15-30-27-32-19-11-16(13-29-14-19)5-6-17-12-18(31-24(22)33-27)7-8-23(17)34-40(38,39)10-9-35-25(36)20-3-1-2-4-21(20)26(35)37/h1-4,7-8,12-16,34H,5-6,9-11H2,(H2,30,31,32,33). The van der Waals surface area contributed by atoms with Gasteiger partial charge in [-0.2, -0.15) is 4.98 Å². The summed E-state index contributed by atoms with van der Waals surface area (Å²) in [5.74, 6) is -0.520. The number of aromatic nitrogens is 2. The average molecular weight is 578 g/mol. The maximum atomic E-state index is 13.1. The predicted molar refractivity (Wildman–Crippen MR) is 153 cm³/mol. The quantitative estimate of drug-likeness (QED) is 0.382. The lowest BCUT2D eigenvalue weighted by atomic mass is 9.94. The van der Waals surface area contributed by atoms with Crippen LogP contribution in [0.3, 0.4) is 0 Å². The molecule has 1 atom stereocenters. The first-order chi connectivity index (χ1) is 19.3. The summed E-state index contributed by atoms with van der Waals surface area (Å²) in [6.07, 6.45) is 7.09. The Labute approximate surface area is 235 Å². The largest absolute Gasteiger partial charge is 0.339 e. The highest BCUT2D eigenvalue weighted by atomic mass is 35.5. The molecule has 0 saturated heterocycles. The molecule has 0 saturated carbocycles. The summed E-state index contributed by atoms with van der Waals surface area (Å²) < 4.78 is 28.9. The lowest BCUT2D eigenvalue weighted by molar-refractivity contribution is 0.0664. The Morgan fingerprint density at radius 1 is 1.07 bits per heavy atom. The number of aliphatic imine (C=N–C) groups is 1. The third-order valence-corrected chi connectivity index (χ3v) is 8.43. The van der Waals surface area contributed by atoms with Gasteiger partial charge in [0, 0.05) is 36.3 Å². The Bertz CT molecular complexity index is 1670. The molecule has 3 aliphatic rings. The highest BCUT2D eigenvalue weighted by molar-refractivity contribution is 7.92. The molecule has 0 aliphatic carbocycles. The number of nitrogens with zero attached hydrogens (tertiary/aromatic N) is 4. The Morgan fingerprint density at radius 2 is 1.85 bits per heavy atom. The molecule has 6 bridgehead atoms. The van der Waals surface area contributed by atoms with E-state index < -0.39 is 27.6 Å². The van der Waals surface area contributed by atoms with Crippen LogP contribution in [0.15, 0.2) is 65.6 Å². The van der Waals surface area contributed by atoms with E-state index in [-0.39, 0.29) is 23.6 Å². The number of carbonyl (C=O) groups excluding carboxylic acids is 2. The van der Waals surface area contributed by atoms with Gasteiger partial charge in [-0.1, -0.05) is 23.7 Å². The molecule has 0 spiro atoms. The van der Waals surface area contributed by atoms with E-state index in [1.807, 2.05) is 12.3 Å². The van der Waals surface area contributed by atoms with Crippen LogP contribution in [0.5, 0.6) is 0 Å². The number of hydrogen-bond donors (Lipinski definition) is 3. The predicted octanol–water partition coefficient (Wildman–Crippen LogP) is 4.20. The number of nitrogens with one attached hydrogen (secondary N) is 3. The van der Waals surface area contributed by atoms with Gasteiger partial charge >= 0.3 is 0 Å². The van der Waals surface area contributed by atoms with Gasteiger partial charge in [0.25, 0.3) is 11.8 Å². The molecule has 1 aromatic heterocycles. The van der Waals surface area contributed by atoms with Crippen molar-refractivity contribution in [2.24, 2.45) is 10.9 Å². The summed E-state index contributed by atoms with van der Waals surface area (Å²) in [5.41, 5.74) is 3.27. The number of hydrogen-bond acceptors (Lipinski definition) is 9. The van der Waals surface area contributed by atoms with Gasteiger partial charge in [0.2, 0.25) is 16.0 Å². The summed E-state index contributed by atoms with van der Waals surface area (Å²) in [5, 5.41) is 6.71. The van der Waals surface area contributed by atoms with Crippen molar-refractivity contribution >= 4 is 62.8 Å². The van der Waals surface area contributed by atoms with Crippen molar-refractivity contribution in [3.8, 4) is 0 Å². The second-order valence-electron chi connectivity index (χ2n) is 9.70. The molecule has 1 unspecified atom stereocenters. The van der Waals surface area contributed by atoms with Gasteiger partial charge in [-0.25, -0.2) is 13.4 Å². The second-order valence-corrected chi connectivity index (χ2v) is 11.9. The summed E-state index contributed by atoms with van der Waals surface area (Å²) in [6, 6.07) is 11.7. The molecule has 0 fully saturated rings. The number of benzene rings is 2. The van der Waals surface area contributed by atoms with Crippen molar-refractivity contribution in [3.05, 3.63) is 82.3 Å². The molecular formula is C27H24ClN7O4S. The zero-order chi connectivity index (χ0) is 27.9. The third kappa shape index (κ3) is 5.27. The van der Waals surface area contributed by atoms with E-state index in [4.69, 9.17) is 11.6 Å². The minimum atomic E-state index is -3.90. The SMILES string of the molecule is O=C1c2ccccc2C(=O)N1CCS(=O)(=O)Nc1ccc2cc1CCC1C=NC=C(C1)Nc1ncc(Cl)c(n1)N2. The summed E-state index contributed by atoms with van der Waals surface area (Å²) in [7, 11) is -3.90. The van der Waals surface area contributed by atoms with Crippen LogP contribution in [0.25, 0.3) is 0 Å². The van der Waals surface area contributed by atoms with Gasteiger partial charge in [0.1, 0.15) is 5.02 Å². The topological polar surface area (TPSA) is 146 Å². The first kappa shape index (κ1) is 26.0. The van der Waals surface area contributed by atoms with E-state index in [1.165, 1.54) is 6.20 Å². The molecule has 3 N–H and O–H groups in total. The fourth-order valence-corrected chi connectivity index (χ4v) is 6.09. The Balaban J connectivity index is 1.23. The van der Waals surface area contributed by atoms with Gasteiger partial charge in [0.05, 0.1) is 28.8 Å². The van der Waals surface area contributed by atoms with Gasteiger partial charge in [-0.3, -0.25) is 24.2 Å². The van der Waals surface area contributed by atoms with Gasteiger partial charge in [-0.15, -0.1) is 0 Å². The number of halogens is 1. The average Bonchev–Trinajstić information content (AvgIpc) is 3.18. The van der Waals surface area contributed by atoms with Crippen LogP contribution in [0.4, 0.5) is 23.1 Å². The molecule has 204 valence electrons. The first-order valence-electron chi connectivity index (χ1n) is 12.6. The van der Waals surface area contributed by atoms with E-state index >= 15 is 0 Å². The normalized spacial score (nSPS) is 18.0. The number of carbonyl (C=O) groups is 2. The van der Waals surface area contributed by atoms with Crippen LogP contribution < -0.4 is 15.4 Å². The Kier molecular flexibility index (Phi) is 6.72. The molecule has 0 radical (unpaired) electrons. The van der Waals surface area contributed by atoms with E-state index in [1.54, 1.807) is 42.6 Å².